The number of imide groups is 1. The highest BCUT2D eigenvalue weighted by Crippen LogP contribution is 2.29. The number of benzene rings is 2. The van der Waals surface area contributed by atoms with Crippen molar-refractivity contribution in [1.82, 2.24) is 9.88 Å². The van der Waals surface area contributed by atoms with Crippen LogP contribution in [0.1, 0.15) is 32.7 Å². The summed E-state index contributed by atoms with van der Waals surface area (Å²) in [5.41, 5.74) is 1.97. The van der Waals surface area contributed by atoms with Gasteiger partial charge < -0.3 is 10.1 Å². The van der Waals surface area contributed by atoms with Crippen LogP contribution in [0.25, 0.3) is 10.8 Å². The zero-order valence-electron chi connectivity index (χ0n) is 18.5. The van der Waals surface area contributed by atoms with Crippen molar-refractivity contribution in [1.29, 1.82) is 0 Å². The zero-order valence-corrected chi connectivity index (χ0v) is 20.1. The van der Waals surface area contributed by atoms with E-state index in [1.165, 1.54) is 4.90 Å². The molecule has 1 N–H and O–H groups in total. The molecule has 1 aromatic heterocycles. The Kier molecular flexibility index (Phi) is 7.67. The molecule has 2 amide bonds. The first-order chi connectivity index (χ1) is 16.6. The maximum absolute atomic E-state index is 12.4. The van der Waals surface area contributed by atoms with Crippen LogP contribution in [0.4, 0.5) is 5.82 Å². The van der Waals surface area contributed by atoms with Gasteiger partial charge >= 0.3 is 0 Å². The Morgan fingerprint density at radius 2 is 1.79 bits per heavy atom. The first-order valence-corrected chi connectivity index (χ1v) is 11.7. The summed E-state index contributed by atoms with van der Waals surface area (Å²) < 4.78 is 6.73. The number of nitrogens with zero attached hydrogens (tertiary/aromatic N) is 2. The third-order valence-corrected chi connectivity index (χ3v) is 6.03. The fraction of sp³-hybridized carbons (Fsp3) is 0.148. The molecule has 2 heterocycles. The lowest BCUT2D eigenvalue weighted by molar-refractivity contribution is 0.0619. The highest BCUT2D eigenvalue weighted by atomic mass is 79.9. The van der Waals surface area contributed by atoms with Gasteiger partial charge in [-0.25, -0.2) is 4.98 Å². The molecule has 0 saturated carbocycles. The Balaban J connectivity index is 1.32. The van der Waals surface area contributed by atoms with E-state index in [1.54, 1.807) is 36.5 Å². The summed E-state index contributed by atoms with van der Waals surface area (Å²) in [6, 6.07) is 13.0. The number of carbonyl (C=O) groups excluding carboxylic acids is 2. The summed E-state index contributed by atoms with van der Waals surface area (Å²) in [7, 11) is 0. The maximum Gasteiger partial charge on any atom is 0.261 e. The summed E-state index contributed by atoms with van der Waals surface area (Å²) in [6.45, 7) is 4.86. The fourth-order valence-corrected chi connectivity index (χ4v) is 4.17. The lowest BCUT2D eigenvalue weighted by Gasteiger charge is -2.14. The summed E-state index contributed by atoms with van der Waals surface area (Å²) in [6.07, 6.45) is 11.5. The Morgan fingerprint density at radius 3 is 2.53 bits per heavy atom. The fourth-order valence-electron chi connectivity index (χ4n) is 3.74. The molecule has 0 atom stereocenters. The lowest BCUT2D eigenvalue weighted by atomic mass is 10.1. The second-order valence-electron chi connectivity index (χ2n) is 7.67. The third kappa shape index (κ3) is 5.16. The molecule has 3 aromatic rings. The molecule has 4 rings (SSSR count). The standard InChI is InChI=1S/C27H24BrN3O3/c1-2-3-4-7-13-29-25-20-12-11-19(16-23(20)24(28)17-30-25)18-34-15-8-14-31-26(32)21-9-5-6-10-22(21)27(31)33/h2-7,9-13,16-17H,1,8,14-15,18H2,(H,29,30). The van der Waals surface area contributed by atoms with Gasteiger partial charge in [0, 0.05) is 40.8 Å². The number of anilines is 1. The van der Waals surface area contributed by atoms with E-state index in [4.69, 9.17) is 4.74 Å². The molecule has 34 heavy (non-hydrogen) atoms. The van der Waals surface area contributed by atoms with Gasteiger partial charge in [-0.3, -0.25) is 14.5 Å². The van der Waals surface area contributed by atoms with Gasteiger partial charge in [0.05, 0.1) is 17.7 Å². The van der Waals surface area contributed by atoms with Crippen molar-refractivity contribution in [3.63, 3.8) is 0 Å². The van der Waals surface area contributed by atoms with E-state index in [0.717, 1.165) is 26.6 Å². The topological polar surface area (TPSA) is 71.5 Å². The van der Waals surface area contributed by atoms with Gasteiger partial charge in [-0.1, -0.05) is 49.1 Å². The van der Waals surface area contributed by atoms with E-state index in [-0.39, 0.29) is 11.8 Å². The Morgan fingerprint density at radius 1 is 1.03 bits per heavy atom. The second kappa shape index (κ2) is 11.0. The maximum atomic E-state index is 12.4. The minimum Gasteiger partial charge on any atom is -0.377 e. The van der Waals surface area contributed by atoms with Crippen LogP contribution in [0.2, 0.25) is 0 Å². The third-order valence-electron chi connectivity index (χ3n) is 5.40. The van der Waals surface area contributed by atoms with Crippen molar-refractivity contribution in [3.8, 4) is 0 Å². The monoisotopic (exact) mass is 517 g/mol. The van der Waals surface area contributed by atoms with E-state index < -0.39 is 0 Å². The molecule has 0 unspecified atom stereocenters. The largest absolute Gasteiger partial charge is 0.377 e. The van der Waals surface area contributed by atoms with Crippen molar-refractivity contribution in [2.75, 3.05) is 18.5 Å². The summed E-state index contributed by atoms with van der Waals surface area (Å²) >= 11 is 3.58. The van der Waals surface area contributed by atoms with Crippen LogP contribution in [-0.2, 0) is 11.3 Å². The number of rotatable bonds is 10. The molecule has 2 aromatic carbocycles. The molecule has 1 aliphatic rings. The molecule has 0 bridgehead atoms. The first-order valence-electron chi connectivity index (χ1n) is 10.9. The molecule has 1 aliphatic heterocycles. The predicted molar refractivity (Wildman–Crippen MR) is 138 cm³/mol. The van der Waals surface area contributed by atoms with Gasteiger partial charge in [-0.15, -0.1) is 0 Å². The predicted octanol–water partition coefficient (Wildman–Crippen LogP) is 5.87. The minimum atomic E-state index is -0.232. The van der Waals surface area contributed by atoms with E-state index in [0.29, 0.717) is 37.3 Å². The van der Waals surface area contributed by atoms with Crippen LogP contribution in [-0.4, -0.2) is 34.8 Å². The molecule has 172 valence electrons. The van der Waals surface area contributed by atoms with Crippen molar-refractivity contribution in [2.24, 2.45) is 0 Å². The van der Waals surface area contributed by atoms with Gasteiger partial charge in [0.25, 0.3) is 11.8 Å². The number of fused-ring (bicyclic) bond motifs is 2. The van der Waals surface area contributed by atoms with Gasteiger partial charge in [0.15, 0.2) is 0 Å². The van der Waals surface area contributed by atoms with Gasteiger partial charge in [0.2, 0.25) is 0 Å². The van der Waals surface area contributed by atoms with Crippen molar-refractivity contribution in [3.05, 3.63) is 107 Å². The van der Waals surface area contributed by atoms with Crippen LogP contribution in [0.15, 0.2) is 90.2 Å². The van der Waals surface area contributed by atoms with Crippen LogP contribution in [0, 0.1) is 0 Å². The van der Waals surface area contributed by atoms with E-state index in [1.807, 2.05) is 36.6 Å². The van der Waals surface area contributed by atoms with Crippen LogP contribution < -0.4 is 5.32 Å². The Labute approximate surface area is 206 Å². The number of allylic oxidation sites excluding steroid dienone is 4. The number of halogens is 1. The van der Waals surface area contributed by atoms with Crippen LogP contribution >= 0.6 is 15.9 Å². The molecule has 0 aliphatic carbocycles. The molecular weight excluding hydrogens is 494 g/mol. The number of ether oxygens (including phenoxy) is 1. The number of aromatic nitrogens is 1. The molecule has 0 radical (unpaired) electrons. The number of hydrogen-bond acceptors (Lipinski definition) is 5. The number of nitrogens with one attached hydrogen (secondary N) is 1. The SMILES string of the molecule is C=CC=CC=CNc1ncc(Br)c2cc(COCCCN3C(=O)c4ccccc4C3=O)ccc12. The average molecular weight is 518 g/mol. The van der Waals surface area contributed by atoms with E-state index in [2.05, 4.69) is 38.9 Å². The second-order valence-corrected chi connectivity index (χ2v) is 8.53. The first kappa shape index (κ1) is 23.6. The summed E-state index contributed by atoms with van der Waals surface area (Å²) in [5.74, 6) is 0.295. The highest BCUT2D eigenvalue weighted by Gasteiger charge is 2.34. The zero-order chi connectivity index (χ0) is 23.9. The quantitative estimate of drug-likeness (QED) is 0.207. The Bertz CT molecular complexity index is 1260. The molecule has 0 spiro atoms. The number of hydrogen-bond donors (Lipinski definition) is 1. The number of carbonyl (C=O) groups is 2. The van der Waals surface area contributed by atoms with Gasteiger partial charge in [0.1, 0.15) is 5.82 Å². The van der Waals surface area contributed by atoms with Crippen molar-refractivity contribution < 1.29 is 14.3 Å². The molecule has 6 nitrogen and oxygen atoms in total. The summed E-state index contributed by atoms with van der Waals surface area (Å²) in [4.78, 5) is 30.6. The Hall–Kier alpha value is -3.55. The minimum absolute atomic E-state index is 0.232. The normalized spacial score (nSPS) is 13.4. The summed E-state index contributed by atoms with van der Waals surface area (Å²) in [5, 5.41) is 5.22. The van der Waals surface area contributed by atoms with Gasteiger partial charge in [-0.2, -0.15) is 0 Å². The van der Waals surface area contributed by atoms with Crippen molar-refractivity contribution in [2.45, 2.75) is 13.0 Å². The van der Waals surface area contributed by atoms with E-state index >= 15 is 0 Å². The molecule has 7 heteroatoms. The van der Waals surface area contributed by atoms with Gasteiger partial charge in [-0.05, 0) is 52.2 Å². The molecular formula is C27H24BrN3O3. The highest BCUT2D eigenvalue weighted by molar-refractivity contribution is 9.10. The van der Waals surface area contributed by atoms with Crippen LogP contribution in [0.5, 0.6) is 0 Å². The smallest absolute Gasteiger partial charge is 0.261 e. The van der Waals surface area contributed by atoms with Crippen molar-refractivity contribution >= 4 is 44.3 Å². The number of amides is 2. The molecule has 0 fully saturated rings. The average Bonchev–Trinajstić information content (AvgIpc) is 3.10. The van der Waals surface area contributed by atoms with Crippen LogP contribution in [0.3, 0.4) is 0 Å². The lowest BCUT2D eigenvalue weighted by Crippen LogP contribution is -2.31. The van der Waals surface area contributed by atoms with E-state index in [9.17, 15) is 9.59 Å². The number of pyridine rings is 1. The molecule has 0 saturated heterocycles.